The van der Waals surface area contributed by atoms with Gasteiger partial charge in [-0.3, -0.25) is 4.79 Å². The van der Waals surface area contributed by atoms with E-state index in [4.69, 9.17) is 5.11 Å². The fraction of sp³-hybridized carbons (Fsp3) is 0.857. The molecule has 0 aromatic heterocycles. The van der Waals surface area contributed by atoms with Gasteiger partial charge >= 0.3 is 0 Å². The minimum absolute atomic E-state index is 0.0369. The van der Waals surface area contributed by atoms with Crippen LogP contribution in [0.4, 0.5) is 0 Å². The standard InChI is InChI=1S/C7H14N2O2/c1-9-6(5-10)4-8-3-2-7(9)11/h6,8,10H,2-5H2,1H3. The van der Waals surface area contributed by atoms with E-state index in [1.54, 1.807) is 11.9 Å². The van der Waals surface area contributed by atoms with Crippen molar-refractivity contribution in [1.82, 2.24) is 10.2 Å². The van der Waals surface area contributed by atoms with Crippen LogP contribution in [0.3, 0.4) is 0 Å². The summed E-state index contributed by atoms with van der Waals surface area (Å²) >= 11 is 0. The Morgan fingerprint density at radius 2 is 2.55 bits per heavy atom. The Hall–Kier alpha value is -0.610. The Labute approximate surface area is 66.2 Å². The van der Waals surface area contributed by atoms with E-state index in [0.717, 1.165) is 6.54 Å². The summed E-state index contributed by atoms with van der Waals surface area (Å²) in [5, 5.41) is 12.0. The minimum atomic E-state index is -0.0509. The highest BCUT2D eigenvalue weighted by molar-refractivity contribution is 5.76. The van der Waals surface area contributed by atoms with Crippen molar-refractivity contribution in [2.24, 2.45) is 0 Å². The lowest BCUT2D eigenvalue weighted by Crippen LogP contribution is -2.41. The number of hydrogen-bond donors (Lipinski definition) is 2. The lowest BCUT2D eigenvalue weighted by Gasteiger charge is -2.23. The van der Waals surface area contributed by atoms with E-state index in [1.165, 1.54) is 0 Å². The van der Waals surface area contributed by atoms with Crippen molar-refractivity contribution in [3.63, 3.8) is 0 Å². The van der Waals surface area contributed by atoms with Crippen molar-refractivity contribution in [3.8, 4) is 0 Å². The van der Waals surface area contributed by atoms with E-state index in [9.17, 15) is 4.79 Å². The maximum atomic E-state index is 11.2. The molecule has 1 unspecified atom stereocenters. The van der Waals surface area contributed by atoms with Crippen molar-refractivity contribution in [2.45, 2.75) is 12.5 Å². The number of nitrogens with zero attached hydrogens (tertiary/aromatic N) is 1. The molecule has 1 atom stereocenters. The topological polar surface area (TPSA) is 52.6 Å². The van der Waals surface area contributed by atoms with Crippen molar-refractivity contribution in [3.05, 3.63) is 0 Å². The molecule has 0 saturated carbocycles. The summed E-state index contributed by atoms with van der Waals surface area (Å²) in [5.41, 5.74) is 0. The molecule has 0 bridgehead atoms. The zero-order valence-corrected chi connectivity index (χ0v) is 6.71. The smallest absolute Gasteiger partial charge is 0.223 e. The van der Waals surface area contributed by atoms with Crippen molar-refractivity contribution in [2.75, 3.05) is 26.7 Å². The molecule has 4 nitrogen and oxygen atoms in total. The lowest BCUT2D eigenvalue weighted by molar-refractivity contribution is -0.131. The second-order valence-corrected chi connectivity index (χ2v) is 2.80. The maximum Gasteiger partial charge on any atom is 0.223 e. The normalized spacial score (nSPS) is 26.9. The molecule has 4 heteroatoms. The number of aliphatic hydroxyl groups is 1. The summed E-state index contributed by atoms with van der Waals surface area (Å²) in [6.45, 7) is 1.45. The summed E-state index contributed by atoms with van der Waals surface area (Å²) in [6.07, 6.45) is 0.535. The molecule has 0 aromatic carbocycles. The number of carbonyl (C=O) groups is 1. The molecule has 2 N–H and O–H groups in total. The molecule has 1 fully saturated rings. The number of carbonyl (C=O) groups excluding carboxylic acids is 1. The molecule has 1 heterocycles. The molecule has 1 amide bonds. The number of aliphatic hydroxyl groups excluding tert-OH is 1. The molecule has 11 heavy (non-hydrogen) atoms. The van der Waals surface area contributed by atoms with Crippen molar-refractivity contribution < 1.29 is 9.90 Å². The molecular weight excluding hydrogens is 144 g/mol. The fourth-order valence-corrected chi connectivity index (χ4v) is 1.17. The summed E-state index contributed by atoms with van der Waals surface area (Å²) in [5.74, 6) is 0.106. The third-order valence-electron chi connectivity index (χ3n) is 2.05. The van der Waals surface area contributed by atoms with Gasteiger partial charge in [0.25, 0.3) is 0 Å². The van der Waals surface area contributed by atoms with Gasteiger partial charge in [-0.05, 0) is 0 Å². The van der Waals surface area contributed by atoms with Crippen molar-refractivity contribution in [1.29, 1.82) is 0 Å². The van der Waals surface area contributed by atoms with Crippen LogP contribution in [0.15, 0.2) is 0 Å². The minimum Gasteiger partial charge on any atom is -0.394 e. The second-order valence-electron chi connectivity index (χ2n) is 2.80. The zero-order chi connectivity index (χ0) is 8.27. The third-order valence-corrected chi connectivity index (χ3v) is 2.05. The first-order valence-electron chi connectivity index (χ1n) is 3.83. The van der Waals surface area contributed by atoms with Crippen LogP contribution in [0.1, 0.15) is 6.42 Å². The van der Waals surface area contributed by atoms with Crippen LogP contribution in [-0.2, 0) is 4.79 Å². The molecule has 0 aliphatic carbocycles. The van der Waals surface area contributed by atoms with Crippen molar-refractivity contribution >= 4 is 5.91 Å². The number of nitrogens with one attached hydrogen (secondary N) is 1. The fourth-order valence-electron chi connectivity index (χ4n) is 1.17. The highest BCUT2D eigenvalue weighted by Crippen LogP contribution is 2.01. The van der Waals surface area contributed by atoms with E-state index >= 15 is 0 Å². The molecule has 0 radical (unpaired) electrons. The van der Waals surface area contributed by atoms with Gasteiger partial charge in [-0.15, -0.1) is 0 Å². The van der Waals surface area contributed by atoms with Crippen LogP contribution in [0.5, 0.6) is 0 Å². The molecule has 1 rings (SSSR count). The second kappa shape index (κ2) is 3.69. The van der Waals surface area contributed by atoms with Gasteiger partial charge < -0.3 is 15.3 Å². The summed E-state index contributed by atoms with van der Waals surface area (Å²) < 4.78 is 0. The number of rotatable bonds is 1. The Bertz CT molecular complexity index is 149. The first-order chi connectivity index (χ1) is 5.25. The number of amides is 1. The monoisotopic (exact) mass is 158 g/mol. The lowest BCUT2D eigenvalue weighted by atomic mass is 10.3. The Balaban J connectivity index is 2.56. The van der Waals surface area contributed by atoms with Crippen LogP contribution < -0.4 is 5.32 Å². The van der Waals surface area contributed by atoms with E-state index in [0.29, 0.717) is 13.0 Å². The molecular formula is C7H14N2O2. The average molecular weight is 158 g/mol. The predicted octanol–water partition coefficient (Wildman–Crippen LogP) is -1.20. The summed E-state index contributed by atoms with van der Waals surface area (Å²) in [7, 11) is 1.73. The van der Waals surface area contributed by atoms with Gasteiger partial charge in [0.1, 0.15) is 0 Å². The predicted molar refractivity (Wildman–Crippen MR) is 41.1 cm³/mol. The molecule has 1 aliphatic rings. The quantitative estimate of drug-likeness (QED) is 0.504. The number of likely N-dealkylation sites (N-methyl/N-ethyl adjacent to an activating group) is 1. The van der Waals surface area contributed by atoms with Crippen LogP contribution >= 0.6 is 0 Å². The van der Waals surface area contributed by atoms with Gasteiger partial charge in [0.15, 0.2) is 0 Å². The van der Waals surface area contributed by atoms with Gasteiger partial charge in [0.05, 0.1) is 12.6 Å². The van der Waals surface area contributed by atoms with Crippen LogP contribution in [0.25, 0.3) is 0 Å². The van der Waals surface area contributed by atoms with Crippen LogP contribution in [-0.4, -0.2) is 48.7 Å². The van der Waals surface area contributed by atoms with E-state index in [-0.39, 0.29) is 18.6 Å². The van der Waals surface area contributed by atoms with E-state index in [2.05, 4.69) is 5.32 Å². The van der Waals surface area contributed by atoms with E-state index < -0.39 is 0 Å². The number of hydrogen-bond acceptors (Lipinski definition) is 3. The molecule has 1 saturated heterocycles. The van der Waals surface area contributed by atoms with Gasteiger partial charge in [-0.2, -0.15) is 0 Å². The maximum absolute atomic E-state index is 11.2. The highest BCUT2D eigenvalue weighted by atomic mass is 16.3. The Morgan fingerprint density at radius 1 is 1.82 bits per heavy atom. The van der Waals surface area contributed by atoms with E-state index in [1.807, 2.05) is 0 Å². The first kappa shape index (κ1) is 8.49. The molecule has 0 aromatic rings. The van der Waals surface area contributed by atoms with Gasteiger partial charge in [0.2, 0.25) is 5.91 Å². The highest BCUT2D eigenvalue weighted by Gasteiger charge is 2.21. The Morgan fingerprint density at radius 3 is 3.18 bits per heavy atom. The largest absolute Gasteiger partial charge is 0.394 e. The summed E-state index contributed by atoms with van der Waals surface area (Å²) in [4.78, 5) is 12.8. The first-order valence-corrected chi connectivity index (χ1v) is 3.83. The third kappa shape index (κ3) is 1.91. The average Bonchev–Trinajstić information content (AvgIpc) is 2.16. The van der Waals surface area contributed by atoms with Crippen LogP contribution in [0.2, 0.25) is 0 Å². The summed E-state index contributed by atoms with van der Waals surface area (Å²) in [6, 6.07) is -0.0509. The van der Waals surface area contributed by atoms with Gasteiger partial charge in [-0.1, -0.05) is 0 Å². The molecule has 1 aliphatic heterocycles. The molecule has 0 spiro atoms. The SMILES string of the molecule is CN1C(=O)CCNCC1CO. The van der Waals surface area contributed by atoms with Crippen LogP contribution in [0, 0.1) is 0 Å². The van der Waals surface area contributed by atoms with Gasteiger partial charge in [-0.25, -0.2) is 0 Å². The Kier molecular flexibility index (Phi) is 2.84. The van der Waals surface area contributed by atoms with Gasteiger partial charge in [0, 0.05) is 26.6 Å². The zero-order valence-electron chi connectivity index (χ0n) is 6.71. The molecule has 64 valence electrons.